The highest BCUT2D eigenvalue weighted by Crippen LogP contribution is 2.30. The van der Waals surface area contributed by atoms with Gasteiger partial charge in [-0.1, -0.05) is 58.3 Å². The van der Waals surface area contributed by atoms with Crippen LogP contribution in [-0.4, -0.2) is 43.1 Å². The lowest BCUT2D eigenvalue weighted by molar-refractivity contribution is -0.148. The highest BCUT2D eigenvalue weighted by atomic mass is 19.2. The molecule has 1 heterocycles. The van der Waals surface area contributed by atoms with Crippen molar-refractivity contribution >= 4 is 11.9 Å². The molecule has 0 N–H and O–H groups in total. The molecule has 0 aliphatic carbocycles. The van der Waals surface area contributed by atoms with E-state index in [-0.39, 0.29) is 13.2 Å². The molecule has 0 bridgehead atoms. The van der Waals surface area contributed by atoms with Crippen LogP contribution in [0.2, 0.25) is 0 Å². The third-order valence-electron chi connectivity index (χ3n) is 5.83. The molecule has 5 nitrogen and oxygen atoms in total. The maximum absolute atomic E-state index is 14.5. The molecule has 1 aliphatic rings. The second-order valence-electron chi connectivity index (χ2n) is 8.22. The summed E-state index contributed by atoms with van der Waals surface area (Å²) in [7, 11) is 0.984. The molecular weight excluding hydrogens is 423 g/mol. The van der Waals surface area contributed by atoms with E-state index in [0.29, 0.717) is 18.9 Å². The number of likely N-dealkylation sites (tertiary alicyclic amines) is 1. The molecule has 1 atom stereocenters. The molecule has 1 aromatic rings. The SMILES string of the molecule is CCCCCCCCCCCOC(=O)C1CCCN1C(=O)c1cc(F)c(F)c(OC)c1F. The molecule has 0 spiro atoms. The minimum Gasteiger partial charge on any atom is -0.491 e. The number of unbranched alkanes of at least 4 members (excludes halogenated alkanes) is 8. The molecule has 1 unspecified atom stereocenters. The Balaban J connectivity index is 1.83. The first-order chi connectivity index (χ1) is 15.4. The van der Waals surface area contributed by atoms with E-state index >= 15 is 0 Å². The van der Waals surface area contributed by atoms with Crippen molar-refractivity contribution in [3.05, 3.63) is 29.1 Å². The molecule has 8 heteroatoms. The van der Waals surface area contributed by atoms with Crippen LogP contribution in [0.3, 0.4) is 0 Å². The second kappa shape index (κ2) is 13.3. The van der Waals surface area contributed by atoms with Crippen molar-refractivity contribution < 1.29 is 32.2 Å². The Hall–Kier alpha value is -2.25. The Morgan fingerprint density at radius 3 is 2.25 bits per heavy atom. The predicted molar refractivity (Wildman–Crippen MR) is 115 cm³/mol. The van der Waals surface area contributed by atoms with Crippen LogP contribution in [0.15, 0.2) is 6.07 Å². The number of methoxy groups -OCH3 is 1. The molecule has 1 fully saturated rings. The van der Waals surface area contributed by atoms with Gasteiger partial charge in [-0.25, -0.2) is 13.6 Å². The molecular formula is C24H34F3NO4. The molecule has 2 rings (SSSR count). The molecule has 1 aromatic carbocycles. The largest absolute Gasteiger partial charge is 0.491 e. The highest BCUT2D eigenvalue weighted by Gasteiger charge is 2.37. The van der Waals surface area contributed by atoms with Crippen molar-refractivity contribution in [2.45, 2.75) is 83.6 Å². The van der Waals surface area contributed by atoms with Crippen LogP contribution in [0, 0.1) is 17.5 Å². The van der Waals surface area contributed by atoms with Gasteiger partial charge in [-0.3, -0.25) is 4.79 Å². The van der Waals surface area contributed by atoms with Crippen molar-refractivity contribution in [1.82, 2.24) is 4.90 Å². The predicted octanol–water partition coefficient (Wildman–Crippen LogP) is 5.79. The number of halogens is 3. The van der Waals surface area contributed by atoms with E-state index in [4.69, 9.17) is 4.74 Å². The number of hydrogen-bond acceptors (Lipinski definition) is 4. The number of ether oxygens (including phenoxy) is 2. The van der Waals surface area contributed by atoms with Gasteiger partial charge in [-0.15, -0.1) is 0 Å². The Bertz CT molecular complexity index is 772. The van der Waals surface area contributed by atoms with Gasteiger partial charge in [0.15, 0.2) is 17.4 Å². The van der Waals surface area contributed by atoms with Gasteiger partial charge in [-0.2, -0.15) is 4.39 Å². The summed E-state index contributed by atoms with van der Waals surface area (Å²) in [6, 6.07) is -0.363. The van der Waals surface area contributed by atoms with Gasteiger partial charge >= 0.3 is 5.97 Å². The Kier molecular flexibility index (Phi) is 10.8. The number of carbonyl (C=O) groups is 2. The van der Waals surface area contributed by atoms with Crippen LogP contribution in [0.5, 0.6) is 5.75 Å². The first-order valence-corrected chi connectivity index (χ1v) is 11.6. The standard InChI is InChI=1S/C24H34F3NO4/c1-3-4-5-6-7-8-9-10-11-15-32-24(30)19-13-12-14-28(19)23(29)17-16-18(25)21(27)22(31-2)20(17)26/h16,19H,3-15H2,1-2H3. The van der Waals surface area contributed by atoms with Crippen LogP contribution in [0.25, 0.3) is 0 Å². The summed E-state index contributed by atoms with van der Waals surface area (Å²) in [4.78, 5) is 26.4. The summed E-state index contributed by atoms with van der Waals surface area (Å²) >= 11 is 0. The first-order valence-electron chi connectivity index (χ1n) is 11.6. The van der Waals surface area contributed by atoms with Crippen LogP contribution in [0.4, 0.5) is 13.2 Å². The maximum Gasteiger partial charge on any atom is 0.328 e. The molecule has 180 valence electrons. The van der Waals surface area contributed by atoms with E-state index in [2.05, 4.69) is 11.7 Å². The fraction of sp³-hybridized carbons (Fsp3) is 0.667. The molecule has 32 heavy (non-hydrogen) atoms. The van der Waals surface area contributed by atoms with Crippen molar-refractivity contribution in [3.8, 4) is 5.75 Å². The molecule has 1 aliphatic heterocycles. The van der Waals surface area contributed by atoms with E-state index in [1.54, 1.807) is 0 Å². The zero-order chi connectivity index (χ0) is 23.5. The average molecular weight is 458 g/mol. The summed E-state index contributed by atoms with van der Waals surface area (Å²) in [5.74, 6) is -6.58. The number of hydrogen-bond donors (Lipinski definition) is 0. The Morgan fingerprint density at radius 2 is 1.62 bits per heavy atom. The monoisotopic (exact) mass is 457 g/mol. The third kappa shape index (κ3) is 6.87. The van der Waals surface area contributed by atoms with Gasteiger partial charge in [-0.05, 0) is 25.3 Å². The fourth-order valence-corrected chi connectivity index (χ4v) is 4.01. The Labute approximate surface area is 188 Å². The summed E-state index contributed by atoms with van der Waals surface area (Å²) in [6.45, 7) is 2.66. The maximum atomic E-state index is 14.5. The smallest absolute Gasteiger partial charge is 0.328 e. The lowest BCUT2D eigenvalue weighted by atomic mass is 10.1. The van der Waals surface area contributed by atoms with E-state index in [1.165, 1.54) is 38.5 Å². The normalized spacial score (nSPS) is 15.8. The average Bonchev–Trinajstić information content (AvgIpc) is 3.27. The number of nitrogens with zero attached hydrogens (tertiary/aromatic N) is 1. The molecule has 0 saturated carbocycles. The van der Waals surface area contributed by atoms with E-state index in [9.17, 15) is 22.8 Å². The van der Waals surface area contributed by atoms with Gasteiger partial charge in [0.2, 0.25) is 5.82 Å². The van der Waals surface area contributed by atoms with Gasteiger partial charge in [0, 0.05) is 6.54 Å². The lowest BCUT2D eigenvalue weighted by Crippen LogP contribution is -2.42. The number of esters is 1. The van der Waals surface area contributed by atoms with Crippen molar-refractivity contribution in [3.63, 3.8) is 0 Å². The first kappa shape index (κ1) is 26.0. The topological polar surface area (TPSA) is 55.8 Å². The van der Waals surface area contributed by atoms with Gasteiger partial charge in [0.05, 0.1) is 19.3 Å². The fourth-order valence-electron chi connectivity index (χ4n) is 4.01. The van der Waals surface area contributed by atoms with Crippen LogP contribution in [-0.2, 0) is 9.53 Å². The lowest BCUT2D eigenvalue weighted by Gasteiger charge is -2.24. The number of rotatable bonds is 13. The summed E-state index contributed by atoms with van der Waals surface area (Å²) in [6.07, 6.45) is 11.2. The van der Waals surface area contributed by atoms with E-state index in [0.717, 1.165) is 31.3 Å². The minimum atomic E-state index is -1.50. The van der Waals surface area contributed by atoms with E-state index in [1.807, 2.05) is 0 Å². The zero-order valence-corrected chi connectivity index (χ0v) is 19.1. The molecule has 1 amide bonds. The second-order valence-corrected chi connectivity index (χ2v) is 8.22. The van der Waals surface area contributed by atoms with Crippen molar-refractivity contribution in [2.24, 2.45) is 0 Å². The van der Waals surface area contributed by atoms with Gasteiger partial charge in [0.1, 0.15) is 6.04 Å². The van der Waals surface area contributed by atoms with Gasteiger partial charge in [0.25, 0.3) is 5.91 Å². The molecule has 0 aromatic heterocycles. The number of amides is 1. The molecule has 1 saturated heterocycles. The summed E-state index contributed by atoms with van der Waals surface area (Å²) < 4.78 is 51.8. The zero-order valence-electron chi connectivity index (χ0n) is 19.1. The number of carbonyl (C=O) groups excluding carboxylic acids is 2. The van der Waals surface area contributed by atoms with Gasteiger partial charge < -0.3 is 14.4 Å². The molecule has 0 radical (unpaired) electrons. The van der Waals surface area contributed by atoms with Crippen molar-refractivity contribution in [2.75, 3.05) is 20.3 Å². The number of benzene rings is 1. The summed E-state index contributed by atoms with van der Waals surface area (Å²) in [5.41, 5.74) is -0.667. The quantitative estimate of drug-likeness (QED) is 0.214. The Morgan fingerprint density at radius 1 is 1.00 bits per heavy atom. The van der Waals surface area contributed by atoms with Crippen LogP contribution >= 0.6 is 0 Å². The van der Waals surface area contributed by atoms with Crippen LogP contribution < -0.4 is 4.74 Å². The summed E-state index contributed by atoms with van der Waals surface area (Å²) in [5, 5.41) is 0. The highest BCUT2D eigenvalue weighted by molar-refractivity contribution is 5.97. The minimum absolute atomic E-state index is 0.206. The van der Waals surface area contributed by atoms with Crippen molar-refractivity contribution in [1.29, 1.82) is 0 Å². The van der Waals surface area contributed by atoms with Crippen LogP contribution in [0.1, 0.15) is 87.9 Å². The van der Waals surface area contributed by atoms with E-state index < -0.39 is 46.7 Å². The third-order valence-corrected chi connectivity index (χ3v) is 5.83.